The molecule has 0 unspecified atom stereocenters. The molecule has 3 heteroatoms. The maximum atomic E-state index is 6.00. The van der Waals surface area contributed by atoms with E-state index in [-0.39, 0.29) is 0 Å². The Labute approximate surface area is 116 Å². The second-order valence-corrected chi connectivity index (χ2v) is 4.50. The summed E-state index contributed by atoms with van der Waals surface area (Å²) in [5, 5.41) is 0. The van der Waals surface area contributed by atoms with Crippen LogP contribution in [0.4, 0.5) is 0 Å². The summed E-state index contributed by atoms with van der Waals surface area (Å²) in [5.41, 5.74) is 1.80. The summed E-state index contributed by atoms with van der Waals surface area (Å²) in [6, 6.07) is 19.3. The number of fused-ring (bicyclic) bond motifs is 2. The maximum absolute atomic E-state index is 6.00. The minimum Gasteiger partial charge on any atom is -0.449 e. The number of hydrogen-bond donors (Lipinski definition) is 0. The van der Waals surface area contributed by atoms with E-state index in [1.807, 2.05) is 60.7 Å². The van der Waals surface area contributed by atoms with E-state index >= 15 is 0 Å². The van der Waals surface area contributed by atoms with Gasteiger partial charge in [-0.05, 0) is 36.4 Å². The van der Waals surface area contributed by atoms with Gasteiger partial charge in [0.15, 0.2) is 23.0 Å². The van der Waals surface area contributed by atoms with Crippen LogP contribution in [-0.2, 0) is 0 Å². The van der Waals surface area contributed by atoms with Crippen molar-refractivity contribution in [3.8, 4) is 34.3 Å². The largest absolute Gasteiger partial charge is 0.449 e. The summed E-state index contributed by atoms with van der Waals surface area (Å²) in [6.45, 7) is 0. The lowest BCUT2D eigenvalue weighted by Crippen LogP contribution is -2.00. The standard InChI is InChI=1S/C17H11NO2/c1-2-9-15-14(8-1)19-16-10-5-6-12(17(16)20-15)13-7-3-4-11-18-13/h1-11H. The highest BCUT2D eigenvalue weighted by molar-refractivity contribution is 5.73. The van der Waals surface area contributed by atoms with Gasteiger partial charge in [0, 0.05) is 11.8 Å². The summed E-state index contributed by atoms with van der Waals surface area (Å²) in [7, 11) is 0. The molecule has 0 bridgehead atoms. The molecule has 0 radical (unpaired) electrons. The van der Waals surface area contributed by atoms with Crippen LogP contribution in [0.1, 0.15) is 0 Å². The van der Waals surface area contributed by atoms with Crippen molar-refractivity contribution in [1.82, 2.24) is 4.98 Å². The van der Waals surface area contributed by atoms with Crippen LogP contribution in [-0.4, -0.2) is 4.98 Å². The molecule has 0 spiro atoms. The van der Waals surface area contributed by atoms with Gasteiger partial charge in [-0.1, -0.05) is 24.3 Å². The summed E-state index contributed by atoms with van der Waals surface area (Å²) in [5.74, 6) is 2.89. The predicted octanol–water partition coefficient (Wildman–Crippen LogP) is 4.65. The zero-order chi connectivity index (χ0) is 13.4. The summed E-state index contributed by atoms with van der Waals surface area (Å²) >= 11 is 0. The van der Waals surface area contributed by atoms with E-state index in [0.29, 0.717) is 11.5 Å². The molecule has 1 aromatic heterocycles. The van der Waals surface area contributed by atoms with Gasteiger partial charge in [0.05, 0.1) is 5.69 Å². The number of nitrogens with zero attached hydrogens (tertiary/aromatic N) is 1. The lowest BCUT2D eigenvalue weighted by atomic mass is 10.1. The molecule has 96 valence electrons. The second kappa shape index (κ2) is 4.38. The first-order valence-corrected chi connectivity index (χ1v) is 6.41. The van der Waals surface area contributed by atoms with Crippen molar-refractivity contribution in [2.45, 2.75) is 0 Å². The highest BCUT2D eigenvalue weighted by Gasteiger charge is 2.21. The SMILES string of the molecule is c1ccc(-c2cccc3c2Oc2ccccc2O3)nc1. The molecular formula is C17H11NO2. The van der Waals surface area contributed by atoms with E-state index in [1.54, 1.807) is 6.20 Å². The predicted molar refractivity (Wildman–Crippen MR) is 76.3 cm³/mol. The van der Waals surface area contributed by atoms with Crippen molar-refractivity contribution in [3.05, 3.63) is 66.9 Å². The minimum atomic E-state index is 0.713. The number of ether oxygens (including phenoxy) is 2. The molecule has 0 amide bonds. The third-order valence-electron chi connectivity index (χ3n) is 3.20. The zero-order valence-corrected chi connectivity index (χ0v) is 10.6. The van der Waals surface area contributed by atoms with Crippen LogP contribution >= 0.6 is 0 Å². The summed E-state index contributed by atoms with van der Waals surface area (Å²) in [6.07, 6.45) is 1.77. The van der Waals surface area contributed by atoms with E-state index in [4.69, 9.17) is 9.47 Å². The molecule has 4 rings (SSSR count). The average Bonchev–Trinajstić information content (AvgIpc) is 2.53. The molecule has 0 fully saturated rings. The van der Waals surface area contributed by atoms with Gasteiger partial charge >= 0.3 is 0 Å². The van der Waals surface area contributed by atoms with E-state index in [0.717, 1.165) is 22.8 Å². The van der Waals surface area contributed by atoms with Crippen LogP contribution in [0.15, 0.2) is 66.9 Å². The third-order valence-corrected chi connectivity index (χ3v) is 3.20. The van der Waals surface area contributed by atoms with Gasteiger partial charge in [-0.25, -0.2) is 0 Å². The van der Waals surface area contributed by atoms with Gasteiger partial charge in [0.2, 0.25) is 0 Å². The number of rotatable bonds is 1. The molecule has 1 aliphatic heterocycles. The smallest absolute Gasteiger partial charge is 0.179 e. The zero-order valence-electron chi connectivity index (χ0n) is 10.6. The van der Waals surface area contributed by atoms with E-state index in [9.17, 15) is 0 Å². The Morgan fingerprint density at radius 2 is 1.40 bits per heavy atom. The van der Waals surface area contributed by atoms with Crippen LogP contribution in [0, 0.1) is 0 Å². The number of hydrogen-bond acceptors (Lipinski definition) is 3. The summed E-state index contributed by atoms with van der Waals surface area (Å²) in [4.78, 5) is 4.38. The second-order valence-electron chi connectivity index (χ2n) is 4.50. The Kier molecular flexibility index (Phi) is 2.42. The molecule has 2 heterocycles. The molecule has 0 N–H and O–H groups in total. The molecule has 3 aromatic rings. The first-order chi connectivity index (χ1) is 9.92. The lowest BCUT2D eigenvalue weighted by molar-refractivity contribution is 0.360. The Morgan fingerprint density at radius 1 is 0.650 bits per heavy atom. The topological polar surface area (TPSA) is 31.4 Å². The molecule has 20 heavy (non-hydrogen) atoms. The summed E-state index contributed by atoms with van der Waals surface area (Å²) < 4.78 is 11.9. The molecule has 0 aliphatic carbocycles. The first kappa shape index (κ1) is 11.1. The molecular weight excluding hydrogens is 250 g/mol. The van der Waals surface area contributed by atoms with E-state index < -0.39 is 0 Å². The number of aromatic nitrogens is 1. The lowest BCUT2D eigenvalue weighted by Gasteiger charge is -2.22. The number of benzene rings is 2. The van der Waals surface area contributed by atoms with Gasteiger partial charge in [-0.3, -0.25) is 4.98 Å². The quantitative estimate of drug-likeness (QED) is 0.500. The van der Waals surface area contributed by atoms with Crippen LogP contribution in [0.25, 0.3) is 11.3 Å². The number of para-hydroxylation sites is 3. The van der Waals surface area contributed by atoms with Crippen molar-refractivity contribution < 1.29 is 9.47 Å². The van der Waals surface area contributed by atoms with Gasteiger partial charge in [-0.15, -0.1) is 0 Å². The van der Waals surface area contributed by atoms with Gasteiger partial charge in [-0.2, -0.15) is 0 Å². The van der Waals surface area contributed by atoms with Crippen molar-refractivity contribution in [1.29, 1.82) is 0 Å². The van der Waals surface area contributed by atoms with E-state index in [1.165, 1.54) is 0 Å². The Morgan fingerprint density at radius 3 is 2.20 bits per heavy atom. The van der Waals surface area contributed by atoms with Crippen LogP contribution in [0.3, 0.4) is 0 Å². The molecule has 2 aromatic carbocycles. The van der Waals surface area contributed by atoms with Gasteiger partial charge < -0.3 is 9.47 Å². The Bertz CT molecular complexity index is 769. The fraction of sp³-hybridized carbons (Fsp3) is 0. The number of pyridine rings is 1. The van der Waals surface area contributed by atoms with Crippen molar-refractivity contribution in [3.63, 3.8) is 0 Å². The normalized spacial score (nSPS) is 11.8. The third kappa shape index (κ3) is 1.72. The molecule has 0 atom stereocenters. The Hall–Kier alpha value is -2.81. The molecule has 0 saturated heterocycles. The van der Waals surface area contributed by atoms with Crippen LogP contribution < -0.4 is 9.47 Å². The van der Waals surface area contributed by atoms with Gasteiger partial charge in [0.1, 0.15) is 0 Å². The van der Waals surface area contributed by atoms with Crippen molar-refractivity contribution in [2.24, 2.45) is 0 Å². The van der Waals surface area contributed by atoms with E-state index in [2.05, 4.69) is 4.98 Å². The fourth-order valence-electron chi connectivity index (χ4n) is 2.27. The van der Waals surface area contributed by atoms with Gasteiger partial charge in [0.25, 0.3) is 0 Å². The van der Waals surface area contributed by atoms with Crippen LogP contribution in [0.5, 0.6) is 23.0 Å². The molecule has 1 aliphatic rings. The maximum Gasteiger partial charge on any atom is 0.179 e. The Balaban J connectivity index is 1.87. The molecule has 3 nitrogen and oxygen atoms in total. The van der Waals surface area contributed by atoms with Crippen LogP contribution in [0.2, 0.25) is 0 Å². The van der Waals surface area contributed by atoms with Crippen molar-refractivity contribution >= 4 is 0 Å². The highest BCUT2D eigenvalue weighted by Crippen LogP contribution is 2.48. The minimum absolute atomic E-state index is 0.713. The van der Waals surface area contributed by atoms with Crippen molar-refractivity contribution in [2.75, 3.05) is 0 Å². The molecule has 0 saturated carbocycles. The fourth-order valence-corrected chi connectivity index (χ4v) is 2.27. The average molecular weight is 261 g/mol. The monoisotopic (exact) mass is 261 g/mol. The highest BCUT2D eigenvalue weighted by atomic mass is 16.6. The first-order valence-electron chi connectivity index (χ1n) is 6.41.